The number of sulfone groups is 1. The van der Waals surface area contributed by atoms with Crippen LogP contribution in [0.3, 0.4) is 0 Å². The van der Waals surface area contributed by atoms with Crippen molar-refractivity contribution in [3.63, 3.8) is 0 Å². The summed E-state index contributed by atoms with van der Waals surface area (Å²) in [6.07, 6.45) is 1.43. The Bertz CT molecular complexity index is 727. The second kappa shape index (κ2) is 6.01. The van der Waals surface area contributed by atoms with E-state index in [2.05, 4.69) is 4.98 Å². The molecule has 1 aromatic carbocycles. The van der Waals surface area contributed by atoms with Crippen LogP contribution in [0.1, 0.15) is 18.4 Å². The van der Waals surface area contributed by atoms with Gasteiger partial charge in [-0.2, -0.15) is 0 Å². The lowest BCUT2D eigenvalue weighted by Gasteiger charge is -2.11. The molecule has 0 amide bonds. The highest BCUT2D eigenvalue weighted by Gasteiger charge is 2.21. The molecule has 21 heavy (non-hydrogen) atoms. The van der Waals surface area contributed by atoms with E-state index in [-0.39, 0.29) is 22.4 Å². The van der Waals surface area contributed by atoms with Crippen LogP contribution in [0.5, 0.6) is 0 Å². The molecule has 0 aliphatic rings. The van der Waals surface area contributed by atoms with Crippen molar-refractivity contribution in [1.29, 1.82) is 0 Å². The second-order valence-electron chi connectivity index (χ2n) is 4.70. The van der Waals surface area contributed by atoms with Crippen LogP contribution < -0.4 is 0 Å². The van der Waals surface area contributed by atoms with Gasteiger partial charge in [0.1, 0.15) is 0 Å². The summed E-state index contributed by atoms with van der Waals surface area (Å²) in [6.45, 7) is 1.77. The van der Waals surface area contributed by atoms with Gasteiger partial charge in [-0.1, -0.05) is 25.1 Å². The van der Waals surface area contributed by atoms with E-state index in [1.165, 1.54) is 24.4 Å². The van der Waals surface area contributed by atoms with Crippen LogP contribution in [0.15, 0.2) is 53.7 Å². The summed E-state index contributed by atoms with van der Waals surface area (Å²) in [5.74, 6) is -0.375. The Hall–Kier alpha value is -2.28. The zero-order valence-corrected chi connectivity index (χ0v) is 12.2. The van der Waals surface area contributed by atoms with Crippen molar-refractivity contribution < 1.29 is 13.3 Å². The van der Waals surface area contributed by atoms with E-state index < -0.39 is 14.8 Å². The number of rotatable bonds is 5. The summed E-state index contributed by atoms with van der Waals surface area (Å²) >= 11 is 0. The standard InChI is InChI=1S/C14H14N2O4S/c1-11(12-5-7-13(8-6-12)16(17)18)10-21(19,20)14-4-2-3-9-15-14/h2-9,11H,10H2,1H3/t11-/m1/s1. The number of nitrogens with zero attached hydrogens (tertiary/aromatic N) is 2. The molecule has 2 rings (SSSR count). The van der Waals surface area contributed by atoms with Gasteiger partial charge in [-0.3, -0.25) is 10.1 Å². The molecule has 7 heteroatoms. The highest BCUT2D eigenvalue weighted by Crippen LogP contribution is 2.22. The molecular formula is C14H14N2O4S. The van der Waals surface area contributed by atoms with Gasteiger partial charge in [0, 0.05) is 18.3 Å². The molecule has 0 saturated carbocycles. The molecule has 0 spiro atoms. The van der Waals surface area contributed by atoms with Gasteiger partial charge in [-0.05, 0) is 23.6 Å². The zero-order valence-electron chi connectivity index (χ0n) is 11.3. The van der Waals surface area contributed by atoms with Crippen molar-refractivity contribution in [2.24, 2.45) is 0 Å². The fourth-order valence-corrected chi connectivity index (χ4v) is 3.50. The summed E-state index contributed by atoms with van der Waals surface area (Å²) in [7, 11) is -3.48. The van der Waals surface area contributed by atoms with Crippen LogP contribution in [-0.2, 0) is 9.84 Å². The molecular weight excluding hydrogens is 292 g/mol. The van der Waals surface area contributed by atoms with Crippen molar-refractivity contribution in [3.8, 4) is 0 Å². The molecule has 110 valence electrons. The van der Waals surface area contributed by atoms with Crippen LogP contribution in [0.2, 0.25) is 0 Å². The van der Waals surface area contributed by atoms with Crippen LogP contribution in [0.4, 0.5) is 5.69 Å². The maximum Gasteiger partial charge on any atom is 0.269 e. The molecule has 1 atom stereocenters. The van der Waals surface area contributed by atoms with Gasteiger partial charge in [0.05, 0.1) is 10.7 Å². The van der Waals surface area contributed by atoms with Gasteiger partial charge >= 0.3 is 0 Å². The van der Waals surface area contributed by atoms with Gasteiger partial charge in [-0.15, -0.1) is 0 Å². The van der Waals surface area contributed by atoms with E-state index in [0.717, 1.165) is 5.56 Å². The molecule has 1 heterocycles. The predicted octanol–water partition coefficient (Wildman–Crippen LogP) is 2.57. The van der Waals surface area contributed by atoms with Crippen LogP contribution in [-0.4, -0.2) is 24.1 Å². The minimum atomic E-state index is -3.48. The number of hydrogen-bond acceptors (Lipinski definition) is 5. The summed E-state index contributed by atoms with van der Waals surface area (Å²) in [6, 6.07) is 10.6. The van der Waals surface area contributed by atoms with Gasteiger partial charge in [0.2, 0.25) is 0 Å². The third-order valence-corrected chi connectivity index (χ3v) is 4.92. The molecule has 2 aromatic rings. The molecule has 0 aliphatic heterocycles. The maximum absolute atomic E-state index is 12.2. The van der Waals surface area contributed by atoms with Crippen molar-refractivity contribution >= 4 is 15.5 Å². The average Bonchev–Trinajstić information content (AvgIpc) is 2.48. The lowest BCUT2D eigenvalue weighted by molar-refractivity contribution is -0.384. The van der Waals surface area contributed by atoms with Crippen molar-refractivity contribution in [2.45, 2.75) is 17.9 Å². The first-order valence-electron chi connectivity index (χ1n) is 6.28. The number of non-ortho nitro benzene ring substituents is 1. The third kappa shape index (κ3) is 3.63. The topological polar surface area (TPSA) is 90.2 Å². The Morgan fingerprint density at radius 1 is 1.19 bits per heavy atom. The maximum atomic E-state index is 12.2. The number of nitro groups is 1. The minimum absolute atomic E-state index is 0.0152. The lowest BCUT2D eigenvalue weighted by Crippen LogP contribution is -2.14. The largest absolute Gasteiger partial charge is 0.269 e. The number of benzene rings is 1. The molecule has 0 aliphatic carbocycles. The SMILES string of the molecule is C[C@H](CS(=O)(=O)c1ccccn1)c1ccc([N+](=O)[O-])cc1. The molecule has 0 unspecified atom stereocenters. The normalized spacial score (nSPS) is 12.8. The number of aromatic nitrogens is 1. The Morgan fingerprint density at radius 2 is 1.86 bits per heavy atom. The fourth-order valence-electron chi connectivity index (χ4n) is 1.97. The predicted molar refractivity (Wildman–Crippen MR) is 77.8 cm³/mol. The van der Waals surface area contributed by atoms with Crippen LogP contribution in [0.25, 0.3) is 0 Å². The van der Waals surface area contributed by atoms with Crippen LogP contribution in [0, 0.1) is 10.1 Å². The second-order valence-corrected chi connectivity index (χ2v) is 6.68. The van der Waals surface area contributed by atoms with Gasteiger partial charge in [-0.25, -0.2) is 13.4 Å². The first kappa shape index (κ1) is 15.1. The van der Waals surface area contributed by atoms with Gasteiger partial charge in [0.15, 0.2) is 14.9 Å². The lowest BCUT2D eigenvalue weighted by atomic mass is 10.0. The van der Waals surface area contributed by atoms with E-state index in [1.54, 1.807) is 31.2 Å². The first-order chi connectivity index (χ1) is 9.90. The van der Waals surface area contributed by atoms with Gasteiger partial charge in [0.25, 0.3) is 5.69 Å². The van der Waals surface area contributed by atoms with Crippen LogP contribution >= 0.6 is 0 Å². The molecule has 0 fully saturated rings. The quantitative estimate of drug-likeness (QED) is 0.625. The summed E-state index contributed by atoms with van der Waals surface area (Å²) in [4.78, 5) is 14.0. The Balaban J connectivity index is 2.18. The molecule has 0 N–H and O–H groups in total. The van der Waals surface area contributed by atoms with Crippen molar-refractivity contribution in [3.05, 3.63) is 64.3 Å². The molecule has 0 bridgehead atoms. The number of pyridine rings is 1. The summed E-state index contributed by atoms with van der Waals surface area (Å²) in [5.41, 5.74) is 0.721. The summed E-state index contributed by atoms with van der Waals surface area (Å²) < 4.78 is 24.4. The zero-order chi connectivity index (χ0) is 15.5. The van der Waals surface area contributed by atoms with E-state index in [0.29, 0.717) is 0 Å². The smallest absolute Gasteiger partial charge is 0.258 e. The Morgan fingerprint density at radius 3 is 2.38 bits per heavy atom. The number of hydrogen-bond donors (Lipinski definition) is 0. The van der Waals surface area contributed by atoms with E-state index >= 15 is 0 Å². The Kier molecular flexibility index (Phi) is 4.32. The molecule has 0 radical (unpaired) electrons. The minimum Gasteiger partial charge on any atom is -0.258 e. The first-order valence-corrected chi connectivity index (χ1v) is 7.93. The fraction of sp³-hybridized carbons (Fsp3) is 0.214. The van der Waals surface area contributed by atoms with Crippen molar-refractivity contribution in [1.82, 2.24) is 4.98 Å². The molecule has 1 aromatic heterocycles. The Labute approximate surface area is 122 Å². The third-order valence-electron chi connectivity index (χ3n) is 3.10. The molecule has 6 nitrogen and oxygen atoms in total. The summed E-state index contributed by atoms with van der Waals surface area (Å²) in [5, 5.41) is 10.6. The average molecular weight is 306 g/mol. The highest BCUT2D eigenvalue weighted by atomic mass is 32.2. The van der Waals surface area contributed by atoms with E-state index in [4.69, 9.17) is 0 Å². The van der Waals surface area contributed by atoms with Crippen molar-refractivity contribution in [2.75, 3.05) is 5.75 Å². The van der Waals surface area contributed by atoms with E-state index in [1.807, 2.05) is 0 Å². The van der Waals surface area contributed by atoms with Gasteiger partial charge < -0.3 is 0 Å². The number of nitro benzene ring substituents is 1. The van der Waals surface area contributed by atoms with E-state index in [9.17, 15) is 18.5 Å². The highest BCUT2D eigenvalue weighted by molar-refractivity contribution is 7.91. The molecule has 0 saturated heterocycles. The monoisotopic (exact) mass is 306 g/mol.